The summed E-state index contributed by atoms with van der Waals surface area (Å²) < 4.78 is 0. The van der Waals surface area contributed by atoms with Crippen LogP contribution in [-0.4, -0.2) is 61.5 Å². The van der Waals surface area contributed by atoms with Crippen LogP contribution in [0.4, 0.5) is 0 Å². The normalized spacial score (nSPS) is 22.5. The molecule has 0 atom stereocenters. The third kappa shape index (κ3) is 3.19. The summed E-state index contributed by atoms with van der Waals surface area (Å²) in [6.07, 6.45) is 6.29. The minimum absolute atomic E-state index is 0.284. The molecule has 0 aromatic heterocycles. The molecular formula is C13H25N3O. The lowest BCUT2D eigenvalue weighted by molar-refractivity contribution is -0.134. The van der Waals surface area contributed by atoms with Crippen LogP contribution < -0.4 is 5.32 Å². The number of hydrogen-bond acceptors (Lipinski definition) is 3. The van der Waals surface area contributed by atoms with Crippen molar-refractivity contribution in [1.29, 1.82) is 0 Å². The molecule has 4 nitrogen and oxygen atoms in total. The van der Waals surface area contributed by atoms with Gasteiger partial charge in [-0.25, -0.2) is 0 Å². The molecule has 0 aromatic rings. The fourth-order valence-electron chi connectivity index (χ4n) is 2.71. The Kier molecular flexibility index (Phi) is 4.40. The first-order chi connectivity index (χ1) is 8.18. The number of carbonyl (C=O) groups is 1. The Morgan fingerprint density at radius 2 is 1.76 bits per heavy atom. The molecule has 98 valence electrons. The van der Waals surface area contributed by atoms with E-state index in [9.17, 15) is 4.79 Å². The van der Waals surface area contributed by atoms with Gasteiger partial charge in [-0.2, -0.15) is 0 Å². The smallest absolute Gasteiger partial charge is 0.236 e. The monoisotopic (exact) mass is 239 g/mol. The van der Waals surface area contributed by atoms with Gasteiger partial charge in [0.15, 0.2) is 0 Å². The van der Waals surface area contributed by atoms with Gasteiger partial charge in [-0.15, -0.1) is 0 Å². The fraction of sp³-hybridized carbons (Fsp3) is 0.923. The second kappa shape index (κ2) is 5.83. The zero-order chi connectivity index (χ0) is 12.3. The molecule has 2 rings (SSSR count). The summed E-state index contributed by atoms with van der Waals surface area (Å²) in [5.41, 5.74) is 0. The van der Waals surface area contributed by atoms with Crippen LogP contribution in [0.2, 0.25) is 0 Å². The van der Waals surface area contributed by atoms with E-state index in [1.165, 1.54) is 32.1 Å². The molecule has 17 heavy (non-hydrogen) atoms. The predicted octanol–water partition coefficient (Wildman–Crippen LogP) is 0.681. The predicted molar refractivity (Wildman–Crippen MR) is 68.9 cm³/mol. The van der Waals surface area contributed by atoms with Gasteiger partial charge in [0, 0.05) is 32.2 Å². The van der Waals surface area contributed by atoms with Crippen molar-refractivity contribution in [2.24, 2.45) is 0 Å². The van der Waals surface area contributed by atoms with Gasteiger partial charge in [0.2, 0.25) is 5.91 Å². The second-order valence-electron chi connectivity index (χ2n) is 5.52. The highest BCUT2D eigenvalue weighted by Gasteiger charge is 2.26. The van der Waals surface area contributed by atoms with Crippen LogP contribution in [0.15, 0.2) is 0 Å². The van der Waals surface area contributed by atoms with Crippen molar-refractivity contribution in [2.45, 2.75) is 44.2 Å². The number of nitrogens with one attached hydrogen (secondary N) is 1. The molecule has 1 aliphatic heterocycles. The van der Waals surface area contributed by atoms with Crippen molar-refractivity contribution in [1.82, 2.24) is 15.1 Å². The Hall–Kier alpha value is -0.610. The zero-order valence-electron chi connectivity index (χ0n) is 11.1. The molecule has 1 aliphatic carbocycles. The molecule has 0 unspecified atom stereocenters. The average molecular weight is 239 g/mol. The van der Waals surface area contributed by atoms with Crippen LogP contribution in [-0.2, 0) is 4.79 Å². The zero-order valence-corrected chi connectivity index (χ0v) is 11.1. The highest BCUT2D eigenvalue weighted by atomic mass is 16.2. The second-order valence-corrected chi connectivity index (χ2v) is 5.52. The maximum absolute atomic E-state index is 12.2. The van der Waals surface area contributed by atoms with Gasteiger partial charge < -0.3 is 10.2 Å². The van der Waals surface area contributed by atoms with Crippen molar-refractivity contribution in [2.75, 3.05) is 33.7 Å². The average Bonchev–Trinajstić information content (AvgIpc) is 2.26. The van der Waals surface area contributed by atoms with Gasteiger partial charge in [0.25, 0.3) is 0 Å². The van der Waals surface area contributed by atoms with E-state index < -0.39 is 0 Å². The van der Waals surface area contributed by atoms with E-state index >= 15 is 0 Å². The number of amides is 1. The van der Waals surface area contributed by atoms with E-state index in [0.717, 1.165) is 13.1 Å². The van der Waals surface area contributed by atoms with Crippen LogP contribution in [0.1, 0.15) is 32.1 Å². The van der Waals surface area contributed by atoms with Crippen LogP contribution in [0.25, 0.3) is 0 Å². The molecule has 1 heterocycles. The largest absolute Gasteiger partial charge is 0.342 e. The first kappa shape index (κ1) is 12.8. The first-order valence-electron chi connectivity index (χ1n) is 6.85. The quantitative estimate of drug-likeness (QED) is 0.784. The van der Waals surface area contributed by atoms with Gasteiger partial charge in [0.05, 0.1) is 6.54 Å². The number of hydrogen-bond donors (Lipinski definition) is 1. The minimum atomic E-state index is 0.284. The van der Waals surface area contributed by atoms with Crippen LogP contribution in [0.5, 0.6) is 0 Å². The SMILES string of the molecule is CN(CC(=O)N(C)C1CCCCC1)C1CNC1. The van der Waals surface area contributed by atoms with Crippen molar-refractivity contribution in [3.05, 3.63) is 0 Å². The summed E-state index contributed by atoms with van der Waals surface area (Å²) in [6, 6.07) is 1.04. The van der Waals surface area contributed by atoms with Gasteiger partial charge in [0.1, 0.15) is 0 Å². The third-order valence-corrected chi connectivity index (χ3v) is 4.28. The summed E-state index contributed by atoms with van der Waals surface area (Å²) in [5, 5.41) is 3.24. The molecule has 1 saturated heterocycles. The lowest BCUT2D eigenvalue weighted by Gasteiger charge is -2.37. The summed E-state index contributed by atoms with van der Waals surface area (Å²) in [5.74, 6) is 0.284. The summed E-state index contributed by atoms with van der Waals surface area (Å²) in [7, 11) is 4.03. The molecule has 1 N–H and O–H groups in total. The number of likely N-dealkylation sites (N-methyl/N-ethyl adjacent to an activating group) is 2. The molecule has 1 saturated carbocycles. The molecular weight excluding hydrogens is 214 g/mol. The van der Waals surface area contributed by atoms with Crippen LogP contribution in [0, 0.1) is 0 Å². The molecule has 0 spiro atoms. The standard InChI is InChI=1S/C13H25N3O/c1-15(12-8-14-9-12)10-13(17)16(2)11-6-4-3-5-7-11/h11-12,14H,3-10H2,1-2H3. The fourth-order valence-corrected chi connectivity index (χ4v) is 2.71. The Morgan fingerprint density at radius 1 is 1.12 bits per heavy atom. The highest BCUT2D eigenvalue weighted by Crippen LogP contribution is 2.21. The molecule has 2 aliphatic rings. The summed E-state index contributed by atoms with van der Waals surface area (Å²) >= 11 is 0. The van der Waals surface area contributed by atoms with E-state index in [1.54, 1.807) is 0 Å². The maximum atomic E-state index is 12.2. The van der Waals surface area contributed by atoms with Crippen molar-refractivity contribution >= 4 is 5.91 Å². The molecule has 0 radical (unpaired) electrons. The third-order valence-electron chi connectivity index (χ3n) is 4.28. The molecule has 1 amide bonds. The topological polar surface area (TPSA) is 35.6 Å². The van der Waals surface area contributed by atoms with Crippen molar-refractivity contribution in [3.8, 4) is 0 Å². The number of carbonyl (C=O) groups excluding carboxylic acids is 1. The van der Waals surface area contributed by atoms with Gasteiger partial charge in [-0.3, -0.25) is 9.69 Å². The van der Waals surface area contributed by atoms with E-state index in [1.807, 2.05) is 11.9 Å². The molecule has 4 heteroatoms. The minimum Gasteiger partial charge on any atom is -0.342 e. The van der Waals surface area contributed by atoms with E-state index in [2.05, 4.69) is 17.3 Å². The van der Waals surface area contributed by atoms with Gasteiger partial charge in [-0.05, 0) is 19.9 Å². The Balaban J connectivity index is 1.77. The van der Waals surface area contributed by atoms with E-state index in [-0.39, 0.29) is 5.91 Å². The summed E-state index contributed by atoms with van der Waals surface area (Å²) in [4.78, 5) is 16.3. The van der Waals surface area contributed by atoms with Crippen LogP contribution >= 0.6 is 0 Å². The van der Waals surface area contributed by atoms with Crippen molar-refractivity contribution in [3.63, 3.8) is 0 Å². The molecule has 2 fully saturated rings. The van der Waals surface area contributed by atoms with Crippen molar-refractivity contribution < 1.29 is 4.79 Å². The highest BCUT2D eigenvalue weighted by molar-refractivity contribution is 5.78. The first-order valence-corrected chi connectivity index (χ1v) is 6.85. The summed E-state index contributed by atoms with van der Waals surface area (Å²) in [6.45, 7) is 2.62. The van der Waals surface area contributed by atoms with Gasteiger partial charge >= 0.3 is 0 Å². The molecule has 0 aromatic carbocycles. The maximum Gasteiger partial charge on any atom is 0.236 e. The Morgan fingerprint density at radius 3 is 2.29 bits per heavy atom. The van der Waals surface area contributed by atoms with E-state index in [4.69, 9.17) is 0 Å². The van der Waals surface area contributed by atoms with E-state index in [0.29, 0.717) is 18.6 Å². The van der Waals surface area contributed by atoms with Gasteiger partial charge in [-0.1, -0.05) is 19.3 Å². The van der Waals surface area contributed by atoms with Crippen LogP contribution in [0.3, 0.4) is 0 Å². The molecule has 0 bridgehead atoms. The number of rotatable bonds is 4. The Labute approximate surface area is 104 Å². The lowest BCUT2D eigenvalue weighted by Crippen LogP contribution is -2.58. The Bertz CT molecular complexity index is 259. The lowest BCUT2D eigenvalue weighted by atomic mass is 9.94. The number of nitrogens with zero attached hydrogens (tertiary/aromatic N) is 2.